The van der Waals surface area contributed by atoms with E-state index in [0.29, 0.717) is 30.1 Å². The third-order valence-corrected chi connectivity index (χ3v) is 3.72. The van der Waals surface area contributed by atoms with Gasteiger partial charge in [-0.1, -0.05) is 0 Å². The second-order valence-corrected chi connectivity index (χ2v) is 5.53. The van der Waals surface area contributed by atoms with Gasteiger partial charge in [-0.2, -0.15) is 0 Å². The van der Waals surface area contributed by atoms with E-state index in [2.05, 4.69) is 0 Å². The first-order chi connectivity index (χ1) is 7.89. The molecule has 7 heteroatoms. The van der Waals surface area contributed by atoms with E-state index in [9.17, 15) is 8.42 Å². The van der Waals surface area contributed by atoms with Gasteiger partial charge in [-0.15, -0.1) is 0 Å². The van der Waals surface area contributed by atoms with Gasteiger partial charge in [-0.05, 0) is 31.0 Å². The van der Waals surface area contributed by atoms with Crippen LogP contribution in [0.4, 0.5) is 11.4 Å². The molecule has 0 aliphatic carbocycles. The summed E-state index contributed by atoms with van der Waals surface area (Å²) in [6.07, 6.45) is 0.902. The van der Waals surface area contributed by atoms with E-state index in [1.165, 1.54) is 6.07 Å². The molecule has 0 unspecified atom stereocenters. The van der Waals surface area contributed by atoms with Crippen LogP contribution in [-0.4, -0.2) is 21.6 Å². The molecule has 0 radical (unpaired) electrons. The molecule has 0 amide bonds. The van der Waals surface area contributed by atoms with Gasteiger partial charge in [0.1, 0.15) is 0 Å². The molecule has 0 bridgehead atoms. The number of anilines is 2. The SMILES string of the molecule is Cc1c(N2CCCO2)cc(N)cc1S(N)(=O)=O. The monoisotopic (exact) mass is 257 g/mol. The molecular formula is C10H15N3O3S. The Morgan fingerprint density at radius 1 is 1.41 bits per heavy atom. The standard InChI is InChI=1S/C10H15N3O3S/c1-7-9(13-3-2-4-16-13)5-8(11)6-10(7)17(12,14)15/h5-6H,2-4,11H2,1H3,(H2,12,14,15). The summed E-state index contributed by atoms with van der Waals surface area (Å²) in [4.78, 5) is 5.43. The Bertz CT molecular complexity index is 536. The van der Waals surface area contributed by atoms with Crippen molar-refractivity contribution in [3.05, 3.63) is 17.7 Å². The van der Waals surface area contributed by atoms with Crippen molar-refractivity contribution in [2.75, 3.05) is 23.9 Å². The number of sulfonamides is 1. The van der Waals surface area contributed by atoms with E-state index >= 15 is 0 Å². The number of hydrogen-bond acceptors (Lipinski definition) is 5. The number of nitrogens with two attached hydrogens (primary N) is 2. The molecule has 1 aromatic rings. The summed E-state index contributed by atoms with van der Waals surface area (Å²) in [5.41, 5.74) is 7.26. The predicted octanol–water partition coefficient (Wildman–Crippen LogP) is 0.366. The van der Waals surface area contributed by atoms with E-state index in [1.54, 1.807) is 18.1 Å². The lowest BCUT2D eigenvalue weighted by Gasteiger charge is -2.20. The molecular weight excluding hydrogens is 242 g/mol. The van der Waals surface area contributed by atoms with Gasteiger partial charge in [-0.3, -0.25) is 9.90 Å². The van der Waals surface area contributed by atoms with Crippen molar-refractivity contribution in [3.63, 3.8) is 0 Å². The minimum atomic E-state index is -3.77. The molecule has 94 valence electrons. The van der Waals surface area contributed by atoms with Crippen LogP contribution in [-0.2, 0) is 14.9 Å². The zero-order chi connectivity index (χ0) is 12.6. The highest BCUT2D eigenvalue weighted by Gasteiger charge is 2.21. The van der Waals surface area contributed by atoms with Crippen molar-refractivity contribution in [1.29, 1.82) is 0 Å². The first-order valence-corrected chi connectivity index (χ1v) is 6.77. The maximum absolute atomic E-state index is 11.4. The van der Waals surface area contributed by atoms with Crippen LogP contribution in [0.3, 0.4) is 0 Å². The Morgan fingerprint density at radius 3 is 2.65 bits per heavy atom. The van der Waals surface area contributed by atoms with Crippen LogP contribution in [0.15, 0.2) is 17.0 Å². The summed E-state index contributed by atoms with van der Waals surface area (Å²) in [5, 5.41) is 6.80. The second-order valence-electron chi connectivity index (χ2n) is 4.00. The largest absolute Gasteiger partial charge is 0.399 e. The number of hydrogen-bond donors (Lipinski definition) is 2. The molecule has 17 heavy (non-hydrogen) atoms. The molecule has 1 fully saturated rings. The maximum atomic E-state index is 11.4. The normalized spacial score (nSPS) is 16.5. The topological polar surface area (TPSA) is 98.7 Å². The molecule has 0 atom stereocenters. The summed E-state index contributed by atoms with van der Waals surface area (Å²) < 4.78 is 22.9. The van der Waals surface area contributed by atoms with E-state index < -0.39 is 10.0 Å². The summed E-state index contributed by atoms with van der Waals surface area (Å²) in [6.45, 7) is 3.03. The van der Waals surface area contributed by atoms with Crippen molar-refractivity contribution in [1.82, 2.24) is 0 Å². The molecule has 0 spiro atoms. The fraction of sp³-hybridized carbons (Fsp3) is 0.400. The Labute approximate surface area is 100 Å². The second kappa shape index (κ2) is 4.17. The number of primary sulfonamides is 1. The third kappa shape index (κ3) is 2.36. The van der Waals surface area contributed by atoms with Gasteiger partial charge in [0.15, 0.2) is 0 Å². The van der Waals surface area contributed by atoms with Crippen LogP contribution in [0.2, 0.25) is 0 Å². The van der Waals surface area contributed by atoms with Gasteiger partial charge in [0.25, 0.3) is 0 Å². The molecule has 2 rings (SSSR count). The van der Waals surface area contributed by atoms with E-state index in [4.69, 9.17) is 15.7 Å². The molecule has 1 heterocycles. The van der Waals surface area contributed by atoms with Gasteiger partial charge in [0.05, 0.1) is 17.2 Å². The Kier molecular flexibility index (Phi) is 2.98. The van der Waals surface area contributed by atoms with Crippen LogP contribution in [0.1, 0.15) is 12.0 Å². The highest BCUT2D eigenvalue weighted by molar-refractivity contribution is 7.89. The van der Waals surface area contributed by atoms with Crippen molar-refractivity contribution in [3.8, 4) is 0 Å². The van der Waals surface area contributed by atoms with Crippen LogP contribution < -0.4 is 15.9 Å². The zero-order valence-corrected chi connectivity index (χ0v) is 10.3. The first kappa shape index (κ1) is 12.2. The van der Waals surface area contributed by atoms with Crippen molar-refractivity contribution in [2.24, 2.45) is 5.14 Å². The molecule has 1 aliphatic heterocycles. The minimum Gasteiger partial charge on any atom is -0.399 e. The molecule has 0 aromatic heterocycles. The Balaban J connectivity index is 2.57. The highest BCUT2D eigenvalue weighted by atomic mass is 32.2. The number of rotatable bonds is 2. The van der Waals surface area contributed by atoms with Crippen molar-refractivity contribution in [2.45, 2.75) is 18.2 Å². The Morgan fingerprint density at radius 2 is 2.12 bits per heavy atom. The lowest BCUT2D eigenvalue weighted by atomic mass is 10.1. The lowest BCUT2D eigenvalue weighted by Crippen LogP contribution is -2.20. The van der Waals surface area contributed by atoms with E-state index in [1.807, 2.05) is 0 Å². The quantitative estimate of drug-likeness (QED) is 0.746. The van der Waals surface area contributed by atoms with Crippen LogP contribution in [0.5, 0.6) is 0 Å². The summed E-state index contributed by atoms with van der Waals surface area (Å²) in [7, 11) is -3.77. The lowest BCUT2D eigenvalue weighted by molar-refractivity contribution is 0.168. The van der Waals surface area contributed by atoms with Crippen LogP contribution in [0, 0.1) is 6.92 Å². The average molecular weight is 257 g/mol. The molecule has 1 aliphatic rings. The van der Waals surface area contributed by atoms with Crippen LogP contribution >= 0.6 is 0 Å². The Hall–Kier alpha value is -1.31. The van der Waals surface area contributed by atoms with Gasteiger partial charge >= 0.3 is 0 Å². The average Bonchev–Trinajstić information content (AvgIpc) is 2.72. The fourth-order valence-electron chi connectivity index (χ4n) is 1.89. The molecule has 4 N–H and O–H groups in total. The van der Waals surface area contributed by atoms with Crippen LogP contribution in [0.25, 0.3) is 0 Å². The summed E-state index contributed by atoms with van der Waals surface area (Å²) in [6, 6.07) is 3.06. The molecule has 0 saturated carbocycles. The smallest absolute Gasteiger partial charge is 0.238 e. The minimum absolute atomic E-state index is 0.0444. The number of benzene rings is 1. The number of nitrogen functional groups attached to an aromatic ring is 1. The fourth-order valence-corrected chi connectivity index (χ4v) is 2.72. The zero-order valence-electron chi connectivity index (χ0n) is 9.51. The maximum Gasteiger partial charge on any atom is 0.238 e. The van der Waals surface area contributed by atoms with Gasteiger partial charge in [0, 0.05) is 12.2 Å². The molecule has 1 aromatic carbocycles. The summed E-state index contributed by atoms with van der Waals surface area (Å²) in [5.74, 6) is 0. The number of hydroxylamine groups is 1. The number of nitrogens with zero attached hydrogens (tertiary/aromatic N) is 1. The van der Waals surface area contributed by atoms with Gasteiger partial charge < -0.3 is 5.73 Å². The molecule has 6 nitrogen and oxygen atoms in total. The van der Waals surface area contributed by atoms with Crippen molar-refractivity contribution >= 4 is 21.4 Å². The van der Waals surface area contributed by atoms with Gasteiger partial charge in [0.2, 0.25) is 10.0 Å². The summed E-state index contributed by atoms with van der Waals surface area (Å²) >= 11 is 0. The molecule has 1 saturated heterocycles. The van der Waals surface area contributed by atoms with E-state index in [0.717, 1.165) is 6.42 Å². The van der Waals surface area contributed by atoms with E-state index in [-0.39, 0.29) is 4.90 Å². The first-order valence-electron chi connectivity index (χ1n) is 5.23. The third-order valence-electron chi connectivity index (χ3n) is 2.68. The highest BCUT2D eigenvalue weighted by Crippen LogP contribution is 2.30. The van der Waals surface area contributed by atoms with Crippen molar-refractivity contribution < 1.29 is 13.3 Å². The van der Waals surface area contributed by atoms with Gasteiger partial charge in [-0.25, -0.2) is 13.6 Å². The predicted molar refractivity (Wildman–Crippen MR) is 64.9 cm³/mol.